The first-order chi connectivity index (χ1) is 26.4. The average molecular weight is 726 g/mol. The molecule has 288 valence electrons. The zero-order chi connectivity index (χ0) is 40.0. The van der Waals surface area contributed by atoms with Gasteiger partial charge >= 0.3 is 0 Å². The molecule has 0 saturated heterocycles. The third-order valence-corrected chi connectivity index (χ3v) is 8.89. The molecule has 2 aromatic heterocycles. The summed E-state index contributed by atoms with van der Waals surface area (Å²) in [5.41, 5.74) is 8.37. The van der Waals surface area contributed by atoms with Crippen LogP contribution in [-0.4, -0.2) is 45.1 Å². The Hall–Kier alpha value is -4.87. The lowest BCUT2D eigenvalue weighted by Gasteiger charge is -2.05. The van der Waals surface area contributed by atoms with Crippen LogP contribution in [0.25, 0.3) is 43.7 Å². The fourth-order valence-electron chi connectivity index (χ4n) is 6.02. The molecule has 8 rings (SSSR count). The molecule has 0 atom stereocenters. The van der Waals surface area contributed by atoms with E-state index in [1.807, 2.05) is 41.5 Å². The van der Waals surface area contributed by atoms with Gasteiger partial charge in [0.1, 0.15) is 17.5 Å². The monoisotopic (exact) mass is 726 g/mol. The number of fused-ring (bicyclic) bond motifs is 8. The first-order valence-electron chi connectivity index (χ1n) is 20.3. The predicted octanol–water partition coefficient (Wildman–Crippen LogP) is 12.9. The molecule has 5 aromatic carbocycles. The molecule has 2 heterocycles. The molecule has 0 spiro atoms. The summed E-state index contributed by atoms with van der Waals surface area (Å²) in [6.45, 7) is 21.5. The lowest BCUT2D eigenvalue weighted by atomic mass is 9.99. The number of benzene rings is 5. The molecule has 0 radical (unpaired) electrons. The molecule has 0 amide bonds. The third kappa shape index (κ3) is 11.8. The predicted molar refractivity (Wildman–Crippen MR) is 239 cm³/mol. The molecule has 7 aromatic rings. The van der Waals surface area contributed by atoms with Gasteiger partial charge in [-0.25, -0.2) is 15.0 Å². The van der Waals surface area contributed by atoms with Crippen LogP contribution in [0.2, 0.25) is 0 Å². The summed E-state index contributed by atoms with van der Waals surface area (Å²) in [6.07, 6.45) is 3.75. The van der Waals surface area contributed by atoms with E-state index < -0.39 is 0 Å². The molecule has 1 aliphatic carbocycles. The summed E-state index contributed by atoms with van der Waals surface area (Å²) in [5.74, 6) is 2.75. The largest absolute Gasteiger partial charge is 0.344 e. The minimum Gasteiger partial charge on any atom is -0.344 e. The highest BCUT2D eigenvalue weighted by atomic mass is 15.0. The topological polar surface area (TPSA) is 46.8 Å². The molecule has 0 saturated carbocycles. The number of nitrogens with zero attached hydrogens (tertiary/aromatic N) is 5. The molecule has 0 bridgehead atoms. The zero-order valence-electron chi connectivity index (χ0n) is 35.7. The first-order valence-corrected chi connectivity index (χ1v) is 20.3. The van der Waals surface area contributed by atoms with Crippen molar-refractivity contribution >= 4 is 32.6 Å². The summed E-state index contributed by atoms with van der Waals surface area (Å²) < 4.78 is 2.24. The van der Waals surface area contributed by atoms with Crippen LogP contribution < -0.4 is 0 Å². The number of rotatable bonds is 4. The Morgan fingerprint density at radius 2 is 0.907 bits per heavy atom. The van der Waals surface area contributed by atoms with Crippen LogP contribution in [0.15, 0.2) is 109 Å². The molecule has 0 N–H and O–H groups in total. The zero-order valence-corrected chi connectivity index (χ0v) is 35.7. The van der Waals surface area contributed by atoms with Crippen molar-refractivity contribution in [3.63, 3.8) is 0 Å². The van der Waals surface area contributed by atoms with E-state index in [0.29, 0.717) is 0 Å². The van der Waals surface area contributed by atoms with E-state index in [1.165, 1.54) is 54.8 Å². The van der Waals surface area contributed by atoms with Gasteiger partial charge in [-0.05, 0) is 72.2 Å². The number of aromatic nitrogens is 4. The van der Waals surface area contributed by atoms with Gasteiger partial charge in [0.2, 0.25) is 0 Å². The number of hydrogen-bond donors (Lipinski definition) is 0. The van der Waals surface area contributed by atoms with Gasteiger partial charge in [-0.1, -0.05) is 166 Å². The van der Waals surface area contributed by atoms with Crippen molar-refractivity contribution < 1.29 is 0 Å². The quantitative estimate of drug-likeness (QED) is 0.181. The second kappa shape index (κ2) is 24.4. The van der Waals surface area contributed by atoms with E-state index in [-0.39, 0.29) is 0 Å². The lowest BCUT2D eigenvalue weighted by molar-refractivity contribution is 0.434. The minimum atomic E-state index is 0.891. The Morgan fingerprint density at radius 1 is 0.500 bits per heavy atom. The fourth-order valence-corrected chi connectivity index (χ4v) is 6.02. The Morgan fingerprint density at radius 3 is 1.37 bits per heavy atom. The smallest absolute Gasteiger partial charge is 0.132 e. The maximum absolute atomic E-state index is 4.30. The molecular weight excluding hydrogens is 659 g/mol. The number of aryl methyl sites for hydroxylation is 4. The molecule has 5 heteroatoms. The third-order valence-electron chi connectivity index (χ3n) is 8.89. The fraction of sp³-hybridized carbons (Fsp3) is 0.367. The van der Waals surface area contributed by atoms with Crippen LogP contribution in [0, 0.1) is 0 Å². The lowest BCUT2D eigenvalue weighted by Crippen LogP contribution is -2.08. The van der Waals surface area contributed by atoms with Gasteiger partial charge in [0.25, 0.3) is 0 Å². The van der Waals surface area contributed by atoms with Gasteiger partial charge in [0.05, 0.1) is 0 Å². The van der Waals surface area contributed by atoms with E-state index in [9.17, 15) is 0 Å². The Kier molecular flexibility index (Phi) is 20.5. The van der Waals surface area contributed by atoms with E-state index in [4.69, 9.17) is 0 Å². The molecule has 0 aliphatic heterocycles. The van der Waals surface area contributed by atoms with Gasteiger partial charge in [-0.3, -0.25) is 0 Å². The van der Waals surface area contributed by atoms with Crippen molar-refractivity contribution in [1.29, 1.82) is 0 Å². The van der Waals surface area contributed by atoms with Crippen molar-refractivity contribution in [2.24, 2.45) is 7.05 Å². The van der Waals surface area contributed by atoms with Crippen LogP contribution in [0.3, 0.4) is 0 Å². The van der Waals surface area contributed by atoms with Gasteiger partial charge in [-0.2, -0.15) is 0 Å². The van der Waals surface area contributed by atoms with E-state index in [2.05, 4.69) is 182 Å². The average Bonchev–Trinajstić information content (AvgIpc) is 3.79. The van der Waals surface area contributed by atoms with Gasteiger partial charge < -0.3 is 9.47 Å². The first kappa shape index (κ1) is 45.3. The second-order valence-electron chi connectivity index (χ2n) is 12.3. The number of hydrogen-bond acceptors (Lipinski definition) is 4. The summed E-state index contributed by atoms with van der Waals surface area (Å²) in [7, 11) is 6.23. The minimum absolute atomic E-state index is 0.891. The van der Waals surface area contributed by atoms with Crippen molar-refractivity contribution in [3.05, 3.63) is 138 Å². The van der Waals surface area contributed by atoms with E-state index >= 15 is 0 Å². The highest BCUT2D eigenvalue weighted by Crippen LogP contribution is 2.40. The number of para-hydroxylation sites is 2. The van der Waals surface area contributed by atoms with Crippen LogP contribution in [0.4, 0.5) is 0 Å². The maximum Gasteiger partial charge on any atom is 0.132 e. The van der Waals surface area contributed by atoms with Crippen molar-refractivity contribution in [1.82, 2.24) is 24.4 Å². The Bertz CT molecular complexity index is 2000. The molecule has 5 nitrogen and oxygen atoms in total. The van der Waals surface area contributed by atoms with Crippen LogP contribution in [-0.2, 0) is 32.7 Å². The van der Waals surface area contributed by atoms with Gasteiger partial charge in [0.15, 0.2) is 0 Å². The van der Waals surface area contributed by atoms with Crippen molar-refractivity contribution in [2.75, 3.05) is 20.6 Å². The summed E-state index contributed by atoms with van der Waals surface area (Å²) >= 11 is 0. The Balaban J connectivity index is 0.000000250. The van der Waals surface area contributed by atoms with Crippen LogP contribution in [0.1, 0.15) is 97.8 Å². The maximum atomic E-state index is 4.30. The summed E-state index contributed by atoms with van der Waals surface area (Å²) in [6, 6.07) is 38.9. The standard InChI is InChI=1S/C17H12.C13H11N.C9H15N3.C4H11N.3C2H6/c1-3-7-14-12(5-1)9-10-16-15-8-4-2-6-13(15)11-17(14)16;1-14-12-8-4-2-6-10(12)11-7-3-5-9-13(11)14;1-4-7-10-8(5-2)12-9(6-3)11-7;1-4-5(2)3;3*1-2/h1-10H,11H2;2-9H,1H3;4-6H2,1-3H3;4H2,1-3H3;3*1-2H3. The van der Waals surface area contributed by atoms with Gasteiger partial charge in [-0.15, -0.1) is 0 Å². The van der Waals surface area contributed by atoms with Crippen molar-refractivity contribution in [2.45, 2.75) is 94.9 Å². The van der Waals surface area contributed by atoms with Crippen molar-refractivity contribution in [3.8, 4) is 11.1 Å². The second-order valence-corrected chi connectivity index (χ2v) is 12.3. The van der Waals surface area contributed by atoms with Crippen LogP contribution >= 0.6 is 0 Å². The van der Waals surface area contributed by atoms with Crippen LogP contribution in [0.5, 0.6) is 0 Å². The summed E-state index contributed by atoms with van der Waals surface area (Å²) in [5, 5.41) is 5.43. The molecular formula is C49H67N5. The molecule has 0 fully saturated rings. The summed E-state index contributed by atoms with van der Waals surface area (Å²) in [4.78, 5) is 15.0. The molecule has 1 aliphatic rings. The van der Waals surface area contributed by atoms with Gasteiger partial charge in [0, 0.05) is 48.1 Å². The highest BCUT2D eigenvalue weighted by Gasteiger charge is 2.19. The normalized spacial score (nSPS) is 10.3. The highest BCUT2D eigenvalue weighted by molar-refractivity contribution is 6.07. The molecule has 0 unspecified atom stereocenters. The van der Waals surface area contributed by atoms with E-state index in [0.717, 1.165) is 49.7 Å². The molecule has 54 heavy (non-hydrogen) atoms. The Labute approximate surface area is 327 Å². The SMILES string of the molecule is CC.CC.CC.CCN(C)C.CCc1nc(CC)nc(CC)n1.Cn1c2ccccc2c2ccccc21.c1ccc2c(c1)Cc1c-2ccc2ccccc12. The van der Waals surface area contributed by atoms with E-state index in [1.54, 1.807) is 0 Å².